The molecule has 2 amide bonds. The van der Waals surface area contributed by atoms with Crippen molar-refractivity contribution < 1.29 is 24.5 Å². The second-order valence-corrected chi connectivity index (χ2v) is 3.87. The van der Waals surface area contributed by atoms with Crippen molar-refractivity contribution >= 4 is 17.8 Å². The normalized spacial score (nSPS) is 13.7. The molecule has 0 saturated heterocycles. The van der Waals surface area contributed by atoms with Crippen molar-refractivity contribution in [1.29, 1.82) is 0 Å². The Labute approximate surface area is 103 Å². The second-order valence-electron chi connectivity index (χ2n) is 3.87. The van der Waals surface area contributed by atoms with Crippen molar-refractivity contribution in [2.45, 2.75) is 12.8 Å². The minimum Gasteiger partial charge on any atom is -0.301 e. The molecule has 0 unspecified atom stereocenters. The summed E-state index contributed by atoms with van der Waals surface area (Å²) in [5.41, 5.74) is 0.763. The van der Waals surface area contributed by atoms with Gasteiger partial charge >= 0.3 is 5.97 Å². The summed E-state index contributed by atoms with van der Waals surface area (Å²) in [5.74, 6) is -1.49. The van der Waals surface area contributed by atoms with Crippen LogP contribution in [0.4, 0.5) is 0 Å². The summed E-state index contributed by atoms with van der Waals surface area (Å²) in [5, 5.41) is 8.08. The highest BCUT2D eigenvalue weighted by Gasteiger charge is 2.34. The molecule has 1 aliphatic heterocycles. The van der Waals surface area contributed by atoms with E-state index in [-0.39, 0.29) is 31.2 Å². The molecule has 0 aliphatic carbocycles. The highest BCUT2D eigenvalue weighted by Crippen LogP contribution is 2.22. The molecule has 0 atom stereocenters. The lowest BCUT2D eigenvalue weighted by Gasteiger charge is -2.12. The maximum Gasteiger partial charge on any atom is 0.342 e. The monoisotopic (exact) mass is 249 g/mol. The van der Waals surface area contributed by atoms with E-state index in [1.54, 1.807) is 24.3 Å². The number of carbonyl (C=O) groups is 3. The van der Waals surface area contributed by atoms with Crippen molar-refractivity contribution in [3.63, 3.8) is 0 Å². The van der Waals surface area contributed by atoms with E-state index in [4.69, 9.17) is 5.26 Å². The van der Waals surface area contributed by atoms with E-state index in [9.17, 15) is 14.4 Å². The van der Waals surface area contributed by atoms with Gasteiger partial charge < -0.3 is 4.89 Å². The van der Waals surface area contributed by atoms with E-state index in [0.717, 1.165) is 4.90 Å². The first kappa shape index (κ1) is 12.3. The van der Waals surface area contributed by atoms with E-state index < -0.39 is 5.97 Å². The van der Waals surface area contributed by atoms with Crippen molar-refractivity contribution in [3.05, 3.63) is 35.4 Å². The number of amides is 2. The number of benzene rings is 1. The fourth-order valence-corrected chi connectivity index (χ4v) is 1.87. The number of hydrogen-bond acceptors (Lipinski definition) is 5. The smallest absolute Gasteiger partial charge is 0.301 e. The Balaban J connectivity index is 2.03. The van der Waals surface area contributed by atoms with Gasteiger partial charge in [0.25, 0.3) is 11.8 Å². The summed E-state index contributed by atoms with van der Waals surface area (Å²) < 4.78 is 0. The quantitative estimate of drug-likeness (QED) is 0.490. The zero-order valence-corrected chi connectivity index (χ0v) is 9.46. The van der Waals surface area contributed by atoms with Crippen LogP contribution in [-0.2, 0) is 9.68 Å². The third kappa shape index (κ3) is 2.10. The van der Waals surface area contributed by atoms with Gasteiger partial charge in [0.2, 0.25) is 0 Å². The first-order valence-electron chi connectivity index (χ1n) is 5.44. The molecule has 0 bridgehead atoms. The molecule has 2 rings (SSSR count). The molecule has 1 aromatic rings. The summed E-state index contributed by atoms with van der Waals surface area (Å²) >= 11 is 0. The van der Waals surface area contributed by atoms with Crippen molar-refractivity contribution in [3.8, 4) is 0 Å². The average Bonchev–Trinajstić information content (AvgIpc) is 2.64. The van der Waals surface area contributed by atoms with E-state index in [1.807, 2.05) is 0 Å². The molecule has 1 aliphatic rings. The molecule has 0 radical (unpaired) electrons. The number of rotatable bonds is 4. The lowest BCUT2D eigenvalue weighted by Crippen LogP contribution is -2.31. The van der Waals surface area contributed by atoms with Gasteiger partial charge in [0, 0.05) is 6.54 Å². The van der Waals surface area contributed by atoms with E-state index in [0.29, 0.717) is 11.1 Å². The summed E-state index contributed by atoms with van der Waals surface area (Å²) in [6.07, 6.45) is 0.203. The molecule has 6 nitrogen and oxygen atoms in total. The maximum absolute atomic E-state index is 11.9. The fourth-order valence-electron chi connectivity index (χ4n) is 1.87. The lowest BCUT2D eigenvalue weighted by atomic mass is 10.1. The van der Waals surface area contributed by atoms with Gasteiger partial charge in [0.15, 0.2) is 0 Å². The molecule has 1 heterocycles. The minimum absolute atomic E-state index is 0.0517. The third-order valence-electron chi connectivity index (χ3n) is 2.74. The van der Waals surface area contributed by atoms with Crippen LogP contribution >= 0.6 is 0 Å². The Bertz CT molecular complexity index is 476. The first-order chi connectivity index (χ1) is 8.65. The predicted molar refractivity (Wildman–Crippen MR) is 59.8 cm³/mol. The Hall–Kier alpha value is -2.21. The van der Waals surface area contributed by atoms with E-state index >= 15 is 0 Å². The lowest BCUT2D eigenvalue weighted by molar-refractivity contribution is -0.234. The Morgan fingerprint density at radius 2 is 1.72 bits per heavy atom. The van der Waals surface area contributed by atoms with Gasteiger partial charge in [-0.2, -0.15) is 5.26 Å². The highest BCUT2D eigenvalue weighted by molar-refractivity contribution is 6.21. The highest BCUT2D eigenvalue weighted by atomic mass is 17.1. The third-order valence-corrected chi connectivity index (χ3v) is 2.74. The van der Waals surface area contributed by atoms with Gasteiger partial charge in [-0.15, -0.1) is 0 Å². The predicted octanol–water partition coefficient (Wildman–Crippen LogP) is 1.08. The van der Waals surface area contributed by atoms with Crippen LogP contribution in [0.2, 0.25) is 0 Å². The Kier molecular flexibility index (Phi) is 3.38. The topological polar surface area (TPSA) is 83.9 Å². The van der Waals surface area contributed by atoms with Crippen molar-refractivity contribution in [2.75, 3.05) is 6.54 Å². The van der Waals surface area contributed by atoms with Gasteiger partial charge in [0.05, 0.1) is 17.5 Å². The molecular formula is C12H11NO5. The number of carbonyl (C=O) groups excluding carboxylic acids is 3. The van der Waals surface area contributed by atoms with Gasteiger partial charge in [-0.05, 0) is 18.6 Å². The molecule has 18 heavy (non-hydrogen) atoms. The fraction of sp³-hybridized carbons (Fsp3) is 0.250. The zero-order valence-electron chi connectivity index (χ0n) is 9.46. The van der Waals surface area contributed by atoms with Crippen LogP contribution in [0.5, 0.6) is 0 Å². The molecule has 0 fully saturated rings. The van der Waals surface area contributed by atoms with Gasteiger partial charge in [0.1, 0.15) is 0 Å². The summed E-state index contributed by atoms with van der Waals surface area (Å²) in [7, 11) is 0. The van der Waals surface area contributed by atoms with Crippen LogP contribution in [0, 0.1) is 0 Å². The van der Waals surface area contributed by atoms with Crippen LogP contribution in [0.3, 0.4) is 0 Å². The number of imide groups is 1. The van der Waals surface area contributed by atoms with E-state index in [1.165, 1.54) is 0 Å². The molecule has 1 aromatic carbocycles. The van der Waals surface area contributed by atoms with Crippen molar-refractivity contribution in [2.24, 2.45) is 0 Å². The summed E-state index contributed by atoms with van der Waals surface area (Å²) in [6.45, 7) is 0.126. The zero-order chi connectivity index (χ0) is 13.1. The molecule has 0 aromatic heterocycles. The Morgan fingerprint density at radius 3 is 2.22 bits per heavy atom. The van der Waals surface area contributed by atoms with Crippen molar-refractivity contribution in [1.82, 2.24) is 4.90 Å². The molecule has 94 valence electrons. The number of hydrogen-bond donors (Lipinski definition) is 1. The molecule has 0 spiro atoms. The van der Waals surface area contributed by atoms with Crippen LogP contribution in [-0.4, -0.2) is 34.5 Å². The van der Waals surface area contributed by atoms with Gasteiger partial charge in [-0.1, -0.05) is 12.1 Å². The SMILES string of the molecule is O=C(CCCN1C(=O)c2ccccc2C1=O)OO. The first-order valence-corrected chi connectivity index (χ1v) is 5.44. The summed E-state index contributed by atoms with van der Waals surface area (Å²) in [6, 6.07) is 6.57. The molecule has 6 heteroatoms. The number of nitrogens with zero attached hydrogens (tertiary/aromatic N) is 1. The van der Waals surface area contributed by atoms with Gasteiger partial charge in [-0.25, -0.2) is 4.79 Å². The number of fused-ring (bicyclic) bond motifs is 1. The van der Waals surface area contributed by atoms with Crippen LogP contribution < -0.4 is 0 Å². The average molecular weight is 249 g/mol. The standard InChI is InChI=1S/C12H11NO5/c14-10(18-17)6-3-7-13-11(15)8-4-1-2-5-9(8)12(13)16/h1-2,4-5,17H,3,6-7H2. The molecule has 1 N–H and O–H groups in total. The van der Waals surface area contributed by atoms with E-state index in [2.05, 4.69) is 4.89 Å². The van der Waals surface area contributed by atoms with Crippen LogP contribution in [0.1, 0.15) is 33.6 Å². The largest absolute Gasteiger partial charge is 0.342 e. The molecule has 0 saturated carbocycles. The summed E-state index contributed by atoms with van der Waals surface area (Å²) in [4.78, 5) is 39.1. The van der Waals surface area contributed by atoms with Crippen LogP contribution in [0.15, 0.2) is 24.3 Å². The second kappa shape index (κ2) is 4.97. The minimum atomic E-state index is -0.786. The Morgan fingerprint density at radius 1 is 1.17 bits per heavy atom. The maximum atomic E-state index is 11.9. The molecular weight excluding hydrogens is 238 g/mol. The van der Waals surface area contributed by atoms with Crippen LogP contribution in [0.25, 0.3) is 0 Å². The van der Waals surface area contributed by atoms with Gasteiger partial charge in [-0.3, -0.25) is 14.5 Å².